The van der Waals surface area contributed by atoms with Crippen LogP contribution in [0.15, 0.2) is 24.3 Å². The molecule has 2 aromatic rings. The highest BCUT2D eigenvalue weighted by atomic mass is 16.5. The number of carbonyl (C=O) groups excluding carboxylic acids is 1. The maximum atomic E-state index is 11.9. The number of nitrogens with zero attached hydrogens (tertiary/aromatic N) is 1. The molecule has 0 saturated carbocycles. The van der Waals surface area contributed by atoms with Gasteiger partial charge >= 0.3 is 0 Å². The molecule has 94 valence electrons. The first-order valence-electron chi connectivity index (χ1n) is 5.89. The molecule has 0 fully saturated rings. The Morgan fingerprint density at radius 3 is 2.83 bits per heavy atom. The predicted molar refractivity (Wildman–Crippen MR) is 71.0 cm³/mol. The number of amides is 1. The Labute approximate surface area is 106 Å². The van der Waals surface area contributed by atoms with E-state index in [-0.39, 0.29) is 5.91 Å². The molecule has 0 saturated heterocycles. The van der Waals surface area contributed by atoms with Gasteiger partial charge in [0, 0.05) is 11.9 Å². The van der Waals surface area contributed by atoms with Crippen molar-refractivity contribution < 1.29 is 9.53 Å². The zero-order chi connectivity index (χ0) is 13.1. The van der Waals surface area contributed by atoms with Crippen LogP contribution in [0.25, 0.3) is 10.9 Å². The smallest absolute Gasteiger partial charge is 0.253 e. The Kier molecular flexibility index (Phi) is 3.46. The van der Waals surface area contributed by atoms with Crippen LogP contribution in [0.2, 0.25) is 0 Å². The average Bonchev–Trinajstić information content (AvgIpc) is 2.37. The summed E-state index contributed by atoms with van der Waals surface area (Å²) in [5, 5.41) is 3.69. The summed E-state index contributed by atoms with van der Waals surface area (Å²) in [6, 6.07) is 7.49. The minimum absolute atomic E-state index is 0.0905. The van der Waals surface area contributed by atoms with E-state index in [9.17, 15) is 4.79 Å². The quantitative estimate of drug-likeness (QED) is 0.901. The van der Waals surface area contributed by atoms with E-state index in [4.69, 9.17) is 4.74 Å². The molecule has 0 bridgehead atoms. The van der Waals surface area contributed by atoms with Crippen LogP contribution < -0.4 is 10.1 Å². The summed E-state index contributed by atoms with van der Waals surface area (Å²) in [5.74, 6) is 0.669. The van der Waals surface area contributed by atoms with Gasteiger partial charge in [-0.2, -0.15) is 0 Å². The molecular formula is C14H16N2O2. The molecule has 0 radical (unpaired) electrons. The Balaban J connectivity index is 2.54. The Hall–Kier alpha value is -2.10. The van der Waals surface area contributed by atoms with E-state index < -0.39 is 0 Å². The van der Waals surface area contributed by atoms with E-state index in [1.54, 1.807) is 7.11 Å². The highest BCUT2D eigenvalue weighted by Gasteiger charge is 2.10. The maximum absolute atomic E-state index is 11.9. The lowest BCUT2D eigenvalue weighted by Crippen LogP contribution is -2.23. The molecule has 1 N–H and O–H groups in total. The summed E-state index contributed by atoms with van der Waals surface area (Å²) < 4.78 is 5.17. The highest BCUT2D eigenvalue weighted by molar-refractivity contribution is 5.98. The molecule has 0 unspecified atom stereocenters. The van der Waals surface area contributed by atoms with E-state index >= 15 is 0 Å². The molecule has 2 rings (SSSR count). The molecule has 0 aliphatic rings. The monoisotopic (exact) mass is 244 g/mol. The zero-order valence-corrected chi connectivity index (χ0v) is 10.8. The van der Waals surface area contributed by atoms with Gasteiger partial charge in [0.15, 0.2) is 0 Å². The number of benzene rings is 1. The number of hydrogen-bond donors (Lipinski definition) is 1. The average molecular weight is 244 g/mol. The Morgan fingerprint density at radius 2 is 2.17 bits per heavy atom. The van der Waals surface area contributed by atoms with Crippen LogP contribution in [0, 0.1) is 6.92 Å². The standard InChI is InChI=1S/C14H16N2O2/c1-4-15-14(17)12-8-10-7-11(18-3)5-6-13(10)16-9(12)2/h5-8H,4H2,1-3H3,(H,15,17). The molecule has 0 aliphatic carbocycles. The van der Waals surface area contributed by atoms with Gasteiger partial charge in [0.25, 0.3) is 5.91 Å². The zero-order valence-electron chi connectivity index (χ0n) is 10.8. The van der Waals surface area contributed by atoms with Crippen LogP contribution in [0.5, 0.6) is 5.75 Å². The van der Waals surface area contributed by atoms with Crippen molar-refractivity contribution in [1.82, 2.24) is 10.3 Å². The summed E-state index contributed by atoms with van der Waals surface area (Å²) in [4.78, 5) is 16.3. The lowest BCUT2D eigenvalue weighted by atomic mass is 10.1. The number of ether oxygens (including phenoxy) is 1. The molecule has 1 amide bonds. The first-order chi connectivity index (χ1) is 8.65. The molecule has 1 heterocycles. The van der Waals surface area contributed by atoms with E-state index in [1.807, 2.05) is 38.1 Å². The minimum atomic E-state index is -0.0905. The van der Waals surface area contributed by atoms with Crippen LogP contribution in [0.1, 0.15) is 23.0 Å². The normalized spacial score (nSPS) is 10.4. The van der Waals surface area contributed by atoms with E-state index in [2.05, 4.69) is 10.3 Å². The molecule has 4 heteroatoms. The van der Waals surface area contributed by atoms with Crippen LogP contribution >= 0.6 is 0 Å². The first kappa shape index (κ1) is 12.4. The Bertz CT molecular complexity index is 594. The fourth-order valence-corrected chi connectivity index (χ4v) is 1.86. The van der Waals surface area contributed by atoms with Gasteiger partial charge in [0.2, 0.25) is 0 Å². The summed E-state index contributed by atoms with van der Waals surface area (Å²) >= 11 is 0. The highest BCUT2D eigenvalue weighted by Crippen LogP contribution is 2.21. The summed E-state index contributed by atoms with van der Waals surface area (Å²) in [5.41, 5.74) is 2.21. The van der Waals surface area contributed by atoms with Crippen molar-refractivity contribution in [3.63, 3.8) is 0 Å². The van der Waals surface area contributed by atoms with Crippen molar-refractivity contribution in [2.75, 3.05) is 13.7 Å². The van der Waals surface area contributed by atoms with Crippen molar-refractivity contribution in [3.05, 3.63) is 35.5 Å². The lowest BCUT2D eigenvalue weighted by Gasteiger charge is -2.08. The molecule has 1 aromatic carbocycles. The number of fused-ring (bicyclic) bond motifs is 1. The summed E-state index contributed by atoms with van der Waals surface area (Å²) in [7, 11) is 1.62. The van der Waals surface area contributed by atoms with Gasteiger partial charge in [-0.1, -0.05) is 0 Å². The number of aryl methyl sites for hydroxylation is 1. The van der Waals surface area contributed by atoms with Crippen molar-refractivity contribution in [2.24, 2.45) is 0 Å². The van der Waals surface area contributed by atoms with E-state index in [1.165, 1.54) is 0 Å². The van der Waals surface area contributed by atoms with Crippen molar-refractivity contribution in [1.29, 1.82) is 0 Å². The second-order valence-corrected chi connectivity index (χ2v) is 4.04. The molecule has 1 aromatic heterocycles. The molecule has 0 atom stereocenters. The second kappa shape index (κ2) is 5.04. The van der Waals surface area contributed by atoms with Crippen LogP contribution in [-0.2, 0) is 0 Å². The number of hydrogen-bond acceptors (Lipinski definition) is 3. The summed E-state index contributed by atoms with van der Waals surface area (Å²) in [6.45, 7) is 4.34. The number of pyridine rings is 1. The summed E-state index contributed by atoms with van der Waals surface area (Å²) in [6.07, 6.45) is 0. The van der Waals surface area contributed by atoms with Crippen molar-refractivity contribution in [2.45, 2.75) is 13.8 Å². The minimum Gasteiger partial charge on any atom is -0.497 e. The van der Waals surface area contributed by atoms with Crippen LogP contribution in [0.3, 0.4) is 0 Å². The second-order valence-electron chi connectivity index (χ2n) is 4.04. The molecule has 0 spiro atoms. The van der Waals surface area contributed by atoms with Crippen LogP contribution in [0.4, 0.5) is 0 Å². The number of methoxy groups -OCH3 is 1. The van der Waals surface area contributed by atoms with Gasteiger partial charge < -0.3 is 10.1 Å². The first-order valence-corrected chi connectivity index (χ1v) is 5.89. The third-order valence-electron chi connectivity index (χ3n) is 2.79. The van der Waals surface area contributed by atoms with Crippen molar-refractivity contribution in [3.8, 4) is 5.75 Å². The maximum Gasteiger partial charge on any atom is 0.253 e. The van der Waals surface area contributed by atoms with Gasteiger partial charge in [0.05, 0.1) is 23.9 Å². The largest absolute Gasteiger partial charge is 0.497 e. The van der Waals surface area contributed by atoms with Gasteiger partial charge in [-0.25, -0.2) is 0 Å². The molecule has 4 nitrogen and oxygen atoms in total. The van der Waals surface area contributed by atoms with Gasteiger partial charge in [-0.15, -0.1) is 0 Å². The molecule has 0 aliphatic heterocycles. The third kappa shape index (κ3) is 2.27. The van der Waals surface area contributed by atoms with Gasteiger partial charge in [0.1, 0.15) is 5.75 Å². The Morgan fingerprint density at radius 1 is 1.39 bits per heavy atom. The van der Waals surface area contributed by atoms with Gasteiger partial charge in [-0.05, 0) is 38.1 Å². The van der Waals surface area contributed by atoms with E-state index in [0.29, 0.717) is 12.1 Å². The number of rotatable bonds is 3. The number of aromatic nitrogens is 1. The van der Waals surface area contributed by atoms with E-state index in [0.717, 1.165) is 22.3 Å². The topological polar surface area (TPSA) is 51.2 Å². The number of nitrogens with one attached hydrogen (secondary N) is 1. The predicted octanol–water partition coefficient (Wildman–Crippen LogP) is 2.30. The van der Waals surface area contributed by atoms with Crippen molar-refractivity contribution >= 4 is 16.8 Å². The molecule has 18 heavy (non-hydrogen) atoms. The SMILES string of the molecule is CCNC(=O)c1cc2cc(OC)ccc2nc1C. The third-order valence-corrected chi connectivity index (χ3v) is 2.79. The molecular weight excluding hydrogens is 228 g/mol. The van der Waals surface area contributed by atoms with Gasteiger partial charge in [-0.3, -0.25) is 9.78 Å². The number of carbonyl (C=O) groups is 1. The fraction of sp³-hybridized carbons (Fsp3) is 0.286. The fourth-order valence-electron chi connectivity index (χ4n) is 1.86. The lowest BCUT2D eigenvalue weighted by molar-refractivity contribution is 0.0955. The van der Waals surface area contributed by atoms with Crippen LogP contribution in [-0.4, -0.2) is 24.5 Å².